The van der Waals surface area contributed by atoms with Crippen LogP contribution < -0.4 is 4.74 Å². The summed E-state index contributed by atoms with van der Waals surface area (Å²) in [7, 11) is 0. The Bertz CT molecular complexity index is 782. The van der Waals surface area contributed by atoms with Crippen LogP contribution in [-0.4, -0.2) is 23.6 Å². The van der Waals surface area contributed by atoms with Crippen molar-refractivity contribution >= 4 is 17.8 Å². The molecular weight excluding hydrogens is 276 g/mol. The van der Waals surface area contributed by atoms with Crippen LogP contribution in [0.25, 0.3) is 0 Å². The summed E-state index contributed by atoms with van der Waals surface area (Å²) in [6.07, 6.45) is 1.87. The summed E-state index contributed by atoms with van der Waals surface area (Å²) < 4.78 is 5.50. The number of carbonyl (C=O) groups is 1. The van der Waals surface area contributed by atoms with Gasteiger partial charge in [0.1, 0.15) is 5.75 Å². The standard InChI is InChI=1S/C18H16N2O2/c1-2-22-13-7-8-15-16(9-13)19-10-17-14-6-4-3-5-12(14)11-20(17)18(15)21/h3-10,17H,2,11H2,1H3/t17-/m1/s1. The van der Waals surface area contributed by atoms with E-state index in [1.807, 2.05) is 48.4 Å². The van der Waals surface area contributed by atoms with Crippen molar-refractivity contribution in [2.24, 2.45) is 4.99 Å². The summed E-state index contributed by atoms with van der Waals surface area (Å²) in [6.45, 7) is 3.17. The van der Waals surface area contributed by atoms with Gasteiger partial charge in [-0.05, 0) is 30.2 Å². The average molecular weight is 292 g/mol. The van der Waals surface area contributed by atoms with Gasteiger partial charge in [-0.15, -0.1) is 0 Å². The first kappa shape index (κ1) is 13.1. The summed E-state index contributed by atoms with van der Waals surface area (Å²) in [5.41, 5.74) is 3.68. The maximum atomic E-state index is 12.9. The summed E-state index contributed by atoms with van der Waals surface area (Å²) in [5, 5.41) is 0. The minimum absolute atomic E-state index is 0.0248. The highest BCUT2D eigenvalue weighted by atomic mass is 16.5. The number of hydrogen-bond donors (Lipinski definition) is 0. The van der Waals surface area contributed by atoms with Crippen molar-refractivity contribution in [2.75, 3.05) is 6.61 Å². The molecule has 2 aromatic carbocycles. The molecule has 2 aliphatic heterocycles. The van der Waals surface area contributed by atoms with Gasteiger partial charge in [-0.3, -0.25) is 9.79 Å². The van der Waals surface area contributed by atoms with Crippen molar-refractivity contribution < 1.29 is 9.53 Å². The summed E-state index contributed by atoms with van der Waals surface area (Å²) in [5.74, 6) is 0.769. The Morgan fingerprint density at radius 3 is 3.00 bits per heavy atom. The number of aliphatic imine (C=N–C) groups is 1. The Labute approximate surface area is 129 Å². The van der Waals surface area contributed by atoms with Gasteiger partial charge in [0.05, 0.1) is 23.9 Å². The van der Waals surface area contributed by atoms with E-state index in [1.165, 1.54) is 5.56 Å². The van der Waals surface area contributed by atoms with E-state index in [4.69, 9.17) is 4.74 Å². The van der Waals surface area contributed by atoms with E-state index in [1.54, 1.807) is 0 Å². The summed E-state index contributed by atoms with van der Waals surface area (Å²) >= 11 is 0. The second kappa shape index (κ2) is 4.98. The zero-order valence-corrected chi connectivity index (χ0v) is 12.3. The Balaban J connectivity index is 1.79. The Morgan fingerprint density at radius 1 is 1.27 bits per heavy atom. The highest BCUT2D eigenvalue weighted by molar-refractivity contribution is 6.03. The molecule has 0 spiro atoms. The fourth-order valence-electron chi connectivity index (χ4n) is 3.14. The molecule has 0 fully saturated rings. The van der Waals surface area contributed by atoms with Gasteiger partial charge in [0.2, 0.25) is 0 Å². The van der Waals surface area contributed by atoms with Crippen molar-refractivity contribution in [2.45, 2.75) is 19.5 Å². The predicted molar refractivity (Wildman–Crippen MR) is 84.8 cm³/mol. The van der Waals surface area contributed by atoms with Crippen LogP contribution in [0.3, 0.4) is 0 Å². The van der Waals surface area contributed by atoms with Gasteiger partial charge in [-0.2, -0.15) is 0 Å². The fraction of sp³-hybridized carbons (Fsp3) is 0.222. The van der Waals surface area contributed by atoms with Crippen molar-refractivity contribution in [3.05, 3.63) is 59.2 Å². The first-order valence-electron chi connectivity index (χ1n) is 7.47. The van der Waals surface area contributed by atoms with Crippen LogP contribution in [0.1, 0.15) is 34.5 Å². The third-order valence-electron chi connectivity index (χ3n) is 4.18. The zero-order chi connectivity index (χ0) is 15.1. The lowest BCUT2D eigenvalue weighted by atomic mass is 10.1. The fourth-order valence-corrected chi connectivity index (χ4v) is 3.14. The number of ether oxygens (including phenoxy) is 1. The Hall–Kier alpha value is -2.62. The SMILES string of the molecule is CCOc1ccc2c(c1)N=C[C@@H]1c3ccccc3CN1C2=O. The van der Waals surface area contributed by atoms with E-state index in [0.29, 0.717) is 24.4 Å². The second-order valence-corrected chi connectivity index (χ2v) is 5.47. The van der Waals surface area contributed by atoms with Crippen molar-refractivity contribution in [3.8, 4) is 5.75 Å². The molecule has 1 atom stereocenters. The van der Waals surface area contributed by atoms with Crippen LogP contribution in [0.5, 0.6) is 5.75 Å². The number of hydrogen-bond acceptors (Lipinski definition) is 3. The van der Waals surface area contributed by atoms with Gasteiger partial charge in [0.15, 0.2) is 0 Å². The van der Waals surface area contributed by atoms with Gasteiger partial charge in [0, 0.05) is 18.8 Å². The van der Waals surface area contributed by atoms with Crippen LogP contribution in [0.15, 0.2) is 47.5 Å². The molecule has 0 saturated heterocycles. The van der Waals surface area contributed by atoms with Crippen LogP contribution in [0.2, 0.25) is 0 Å². The monoisotopic (exact) mass is 292 g/mol. The topological polar surface area (TPSA) is 41.9 Å². The molecule has 2 aromatic rings. The molecule has 4 nitrogen and oxygen atoms in total. The molecule has 110 valence electrons. The summed E-state index contributed by atoms with van der Waals surface area (Å²) in [4.78, 5) is 19.3. The number of nitrogens with zero attached hydrogens (tertiary/aromatic N) is 2. The van der Waals surface area contributed by atoms with Gasteiger partial charge < -0.3 is 9.64 Å². The Morgan fingerprint density at radius 2 is 2.14 bits per heavy atom. The zero-order valence-electron chi connectivity index (χ0n) is 12.3. The Kier molecular flexibility index (Phi) is 2.96. The van der Waals surface area contributed by atoms with Gasteiger partial charge in [0.25, 0.3) is 5.91 Å². The van der Waals surface area contributed by atoms with Crippen molar-refractivity contribution in [3.63, 3.8) is 0 Å². The largest absolute Gasteiger partial charge is 0.494 e. The molecule has 0 N–H and O–H groups in total. The van der Waals surface area contributed by atoms with Crippen LogP contribution >= 0.6 is 0 Å². The molecule has 0 saturated carbocycles. The minimum Gasteiger partial charge on any atom is -0.494 e. The lowest BCUT2D eigenvalue weighted by molar-refractivity contribution is 0.0740. The predicted octanol–water partition coefficient (Wildman–Crippen LogP) is 3.50. The number of rotatable bonds is 2. The molecule has 4 rings (SSSR count). The molecule has 1 amide bonds. The molecule has 0 aliphatic carbocycles. The molecule has 4 heteroatoms. The van der Waals surface area contributed by atoms with Gasteiger partial charge in [-0.25, -0.2) is 0 Å². The normalized spacial score (nSPS) is 18.5. The number of fused-ring (bicyclic) bond motifs is 4. The minimum atomic E-state index is -0.0772. The quantitative estimate of drug-likeness (QED) is 0.850. The smallest absolute Gasteiger partial charge is 0.257 e. The van der Waals surface area contributed by atoms with Crippen LogP contribution in [0, 0.1) is 0 Å². The number of benzene rings is 2. The second-order valence-electron chi connectivity index (χ2n) is 5.47. The average Bonchev–Trinajstić information content (AvgIpc) is 2.85. The molecule has 2 heterocycles. The van der Waals surface area contributed by atoms with Gasteiger partial charge in [-0.1, -0.05) is 24.3 Å². The van der Waals surface area contributed by atoms with Crippen LogP contribution in [0.4, 0.5) is 5.69 Å². The highest BCUT2D eigenvalue weighted by Crippen LogP contribution is 2.38. The maximum absolute atomic E-state index is 12.9. The molecule has 0 bridgehead atoms. The van der Waals surface area contributed by atoms with Gasteiger partial charge >= 0.3 is 0 Å². The molecule has 0 unspecified atom stereocenters. The van der Waals surface area contributed by atoms with E-state index in [0.717, 1.165) is 11.3 Å². The molecule has 22 heavy (non-hydrogen) atoms. The molecule has 2 aliphatic rings. The van der Waals surface area contributed by atoms with E-state index in [-0.39, 0.29) is 11.9 Å². The number of amides is 1. The highest BCUT2D eigenvalue weighted by Gasteiger charge is 2.35. The molecular formula is C18H16N2O2. The third-order valence-corrected chi connectivity index (χ3v) is 4.18. The lowest BCUT2D eigenvalue weighted by Crippen LogP contribution is -2.29. The first-order valence-corrected chi connectivity index (χ1v) is 7.47. The maximum Gasteiger partial charge on any atom is 0.257 e. The lowest BCUT2D eigenvalue weighted by Gasteiger charge is -2.20. The molecule has 0 aromatic heterocycles. The van der Waals surface area contributed by atoms with Crippen LogP contribution in [-0.2, 0) is 6.54 Å². The first-order chi connectivity index (χ1) is 10.8. The van der Waals surface area contributed by atoms with E-state index in [2.05, 4.69) is 17.1 Å². The number of carbonyl (C=O) groups excluding carboxylic acids is 1. The van der Waals surface area contributed by atoms with E-state index >= 15 is 0 Å². The molecule has 0 radical (unpaired) electrons. The van der Waals surface area contributed by atoms with E-state index < -0.39 is 0 Å². The third kappa shape index (κ3) is 1.91. The van der Waals surface area contributed by atoms with E-state index in [9.17, 15) is 4.79 Å². The van der Waals surface area contributed by atoms with Crippen molar-refractivity contribution in [1.29, 1.82) is 0 Å². The van der Waals surface area contributed by atoms with Crippen molar-refractivity contribution in [1.82, 2.24) is 4.90 Å². The summed E-state index contributed by atoms with van der Waals surface area (Å²) in [6, 6.07) is 13.6.